The van der Waals surface area contributed by atoms with Crippen LogP contribution in [0.1, 0.15) is 40.5 Å². The molecule has 0 aliphatic carbocycles. The van der Waals surface area contributed by atoms with Gasteiger partial charge in [0.1, 0.15) is 5.82 Å². The van der Waals surface area contributed by atoms with Gasteiger partial charge in [0.15, 0.2) is 5.82 Å². The van der Waals surface area contributed by atoms with Crippen molar-refractivity contribution in [1.29, 1.82) is 0 Å². The topological polar surface area (TPSA) is 98.7 Å². The van der Waals surface area contributed by atoms with Gasteiger partial charge < -0.3 is 15.3 Å². The highest BCUT2D eigenvalue weighted by molar-refractivity contribution is 5.94. The van der Waals surface area contributed by atoms with E-state index in [4.69, 9.17) is 0 Å². The molecule has 0 saturated carbocycles. The van der Waals surface area contributed by atoms with Gasteiger partial charge in [0, 0.05) is 31.6 Å². The molecule has 1 aliphatic rings. The van der Waals surface area contributed by atoms with Gasteiger partial charge in [0.05, 0.1) is 12.4 Å². The zero-order valence-corrected chi connectivity index (χ0v) is 15.3. The molecular formula is C17H27N5O3. The summed E-state index contributed by atoms with van der Waals surface area (Å²) in [4.78, 5) is 34.8. The van der Waals surface area contributed by atoms with Crippen molar-refractivity contribution < 1.29 is 14.7 Å². The fraction of sp³-hybridized carbons (Fsp3) is 0.647. The lowest BCUT2D eigenvalue weighted by Gasteiger charge is -2.35. The van der Waals surface area contributed by atoms with E-state index in [0.717, 1.165) is 6.42 Å². The molecule has 1 aromatic heterocycles. The molecule has 0 aromatic carbocycles. The fourth-order valence-electron chi connectivity index (χ4n) is 2.74. The van der Waals surface area contributed by atoms with Gasteiger partial charge in [-0.2, -0.15) is 0 Å². The quantitative estimate of drug-likeness (QED) is 0.818. The summed E-state index contributed by atoms with van der Waals surface area (Å²) in [6.07, 6.45) is 3.69. The van der Waals surface area contributed by atoms with Crippen molar-refractivity contribution in [1.82, 2.24) is 14.9 Å². The third-order valence-corrected chi connectivity index (χ3v) is 4.15. The highest BCUT2D eigenvalue weighted by Crippen LogP contribution is 2.19. The Bertz CT molecular complexity index is 612. The summed E-state index contributed by atoms with van der Waals surface area (Å²) in [6.45, 7) is 9.33. The zero-order valence-electron chi connectivity index (χ0n) is 15.3. The van der Waals surface area contributed by atoms with E-state index in [0.29, 0.717) is 37.7 Å². The number of amides is 2. The molecule has 8 heteroatoms. The van der Waals surface area contributed by atoms with E-state index in [1.807, 2.05) is 27.7 Å². The highest BCUT2D eigenvalue weighted by Gasteiger charge is 2.27. The lowest BCUT2D eigenvalue weighted by molar-refractivity contribution is -0.117. The van der Waals surface area contributed by atoms with Gasteiger partial charge in [-0.05, 0) is 33.1 Å². The number of carboxylic acid groups (broad SMARTS) is 1. The minimum atomic E-state index is -0.918. The van der Waals surface area contributed by atoms with Crippen LogP contribution in [-0.4, -0.2) is 57.1 Å². The maximum Gasteiger partial charge on any atom is 0.407 e. The molecule has 2 amide bonds. The molecule has 1 saturated heterocycles. The molecule has 138 valence electrons. The second-order valence-corrected chi connectivity index (χ2v) is 7.46. The lowest BCUT2D eigenvalue weighted by atomic mass is 10.0. The molecule has 1 aliphatic heterocycles. The van der Waals surface area contributed by atoms with Gasteiger partial charge in [-0.1, -0.05) is 6.92 Å². The van der Waals surface area contributed by atoms with E-state index >= 15 is 0 Å². The van der Waals surface area contributed by atoms with Crippen molar-refractivity contribution in [2.75, 3.05) is 29.9 Å². The molecule has 0 spiro atoms. The van der Waals surface area contributed by atoms with Crippen LogP contribution in [0.4, 0.5) is 16.4 Å². The number of anilines is 2. The molecule has 1 fully saturated rings. The minimum Gasteiger partial charge on any atom is -0.465 e. The monoisotopic (exact) mass is 349 g/mol. The predicted octanol–water partition coefficient (Wildman–Crippen LogP) is 2.43. The third-order valence-electron chi connectivity index (χ3n) is 4.15. The average molecular weight is 349 g/mol. The number of rotatable bonds is 6. The van der Waals surface area contributed by atoms with Gasteiger partial charge in [0.25, 0.3) is 0 Å². The van der Waals surface area contributed by atoms with Crippen LogP contribution < -0.4 is 10.2 Å². The first-order valence-corrected chi connectivity index (χ1v) is 8.55. The van der Waals surface area contributed by atoms with E-state index in [2.05, 4.69) is 15.3 Å². The van der Waals surface area contributed by atoms with Crippen LogP contribution in [0.25, 0.3) is 0 Å². The first-order valence-electron chi connectivity index (χ1n) is 8.55. The zero-order chi connectivity index (χ0) is 18.6. The summed E-state index contributed by atoms with van der Waals surface area (Å²) in [5.74, 6) is 1.38. The first kappa shape index (κ1) is 19.0. The summed E-state index contributed by atoms with van der Waals surface area (Å²) >= 11 is 0. The Labute approximate surface area is 148 Å². The summed E-state index contributed by atoms with van der Waals surface area (Å²) in [7, 11) is 0. The summed E-state index contributed by atoms with van der Waals surface area (Å²) in [5, 5.41) is 12.5. The molecule has 0 radical (unpaired) electrons. The summed E-state index contributed by atoms with van der Waals surface area (Å²) in [6, 6.07) is 0. The van der Waals surface area contributed by atoms with Crippen LogP contribution in [0.15, 0.2) is 12.4 Å². The van der Waals surface area contributed by atoms with E-state index in [-0.39, 0.29) is 11.8 Å². The number of hydrogen-bond acceptors (Lipinski definition) is 5. The molecule has 2 N–H and O–H groups in total. The molecule has 8 nitrogen and oxygen atoms in total. The van der Waals surface area contributed by atoms with Gasteiger partial charge >= 0.3 is 6.09 Å². The Morgan fingerprint density at radius 2 is 2.12 bits per heavy atom. The van der Waals surface area contributed by atoms with Crippen molar-refractivity contribution in [2.24, 2.45) is 5.92 Å². The number of aromatic nitrogens is 2. The van der Waals surface area contributed by atoms with E-state index in [1.165, 1.54) is 4.90 Å². The third kappa shape index (κ3) is 5.04. The van der Waals surface area contributed by atoms with Crippen LogP contribution >= 0.6 is 0 Å². The van der Waals surface area contributed by atoms with E-state index in [1.54, 1.807) is 17.3 Å². The van der Waals surface area contributed by atoms with Gasteiger partial charge in [-0.15, -0.1) is 0 Å². The number of nitrogens with zero attached hydrogens (tertiary/aromatic N) is 4. The lowest BCUT2D eigenvalue weighted by Crippen LogP contribution is -2.47. The molecule has 0 bridgehead atoms. The van der Waals surface area contributed by atoms with Crippen molar-refractivity contribution >= 4 is 23.6 Å². The molecule has 1 unspecified atom stereocenters. The Balaban J connectivity index is 1.88. The van der Waals surface area contributed by atoms with E-state index in [9.17, 15) is 14.7 Å². The average Bonchev–Trinajstić information content (AvgIpc) is 2.96. The normalized spacial score (nSPS) is 16.0. The number of nitrogens with one attached hydrogen (secondary N) is 1. The number of hydrogen-bond donors (Lipinski definition) is 2. The smallest absolute Gasteiger partial charge is 0.407 e. The number of carbonyl (C=O) groups is 2. The molecule has 1 atom stereocenters. The largest absolute Gasteiger partial charge is 0.465 e. The van der Waals surface area contributed by atoms with E-state index < -0.39 is 11.6 Å². The van der Waals surface area contributed by atoms with Crippen LogP contribution in [-0.2, 0) is 4.79 Å². The maximum atomic E-state index is 11.7. The standard InChI is InChI=1S/C17H27N5O3/c1-12(11-22(16(24)25)17(2,3)4)8-18-13-9-20-14(10-19-13)21-7-5-6-15(21)23/h9-10,12H,5-8,11H2,1-4H3,(H,18,19)(H,24,25). The fourth-order valence-corrected chi connectivity index (χ4v) is 2.74. The van der Waals surface area contributed by atoms with Crippen molar-refractivity contribution in [3.63, 3.8) is 0 Å². The Kier molecular flexibility index (Phi) is 5.81. The molecular weight excluding hydrogens is 322 g/mol. The Hall–Kier alpha value is -2.38. The number of carbonyl (C=O) groups excluding carboxylic acids is 1. The van der Waals surface area contributed by atoms with Gasteiger partial charge in [-0.25, -0.2) is 14.8 Å². The second-order valence-electron chi connectivity index (χ2n) is 7.46. The first-order chi connectivity index (χ1) is 11.7. The summed E-state index contributed by atoms with van der Waals surface area (Å²) in [5.41, 5.74) is -0.441. The summed E-state index contributed by atoms with van der Waals surface area (Å²) < 4.78 is 0. The highest BCUT2D eigenvalue weighted by atomic mass is 16.4. The minimum absolute atomic E-state index is 0.0829. The molecule has 2 rings (SSSR count). The predicted molar refractivity (Wildman–Crippen MR) is 95.8 cm³/mol. The van der Waals surface area contributed by atoms with Crippen LogP contribution in [0.3, 0.4) is 0 Å². The van der Waals surface area contributed by atoms with Gasteiger partial charge in [0.2, 0.25) is 5.91 Å². The Morgan fingerprint density at radius 3 is 2.60 bits per heavy atom. The van der Waals surface area contributed by atoms with Gasteiger partial charge in [-0.3, -0.25) is 9.69 Å². The van der Waals surface area contributed by atoms with Crippen LogP contribution in [0.5, 0.6) is 0 Å². The molecule has 2 heterocycles. The maximum absolute atomic E-state index is 11.7. The van der Waals surface area contributed by atoms with Crippen LogP contribution in [0, 0.1) is 5.92 Å². The van der Waals surface area contributed by atoms with Crippen molar-refractivity contribution in [3.05, 3.63) is 12.4 Å². The molecule has 1 aromatic rings. The SMILES string of the molecule is CC(CNc1cnc(N2CCCC2=O)cn1)CN(C(=O)O)C(C)(C)C. The van der Waals surface area contributed by atoms with Crippen LogP contribution in [0.2, 0.25) is 0 Å². The van der Waals surface area contributed by atoms with Crippen molar-refractivity contribution in [2.45, 2.75) is 46.1 Å². The molecule has 25 heavy (non-hydrogen) atoms. The van der Waals surface area contributed by atoms with Crippen molar-refractivity contribution in [3.8, 4) is 0 Å². The Morgan fingerprint density at radius 1 is 1.40 bits per heavy atom. The second kappa shape index (κ2) is 7.67.